The first-order valence-electron chi connectivity index (χ1n) is 6.84. The molecule has 4 nitrogen and oxygen atoms in total. The summed E-state index contributed by atoms with van der Waals surface area (Å²) in [7, 11) is 0. The predicted octanol–water partition coefficient (Wildman–Crippen LogP) is 3.87. The summed E-state index contributed by atoms with van der Waals surface area (Å²) in [6.07, 6.45) is 0. The highest BCUT2D eigenvalue weighted by molar-refractivity contribution is 6.32. The highest BCUT2D eigenvalue weighted by atomic mass is 35.5. The summed E-state index contributed by atoms with van der Waals surface area (Å²) in [5, 5.41) is 4.79. The Morgan fingerprint density at radius 1 is 1.29 bits per heavy atom. The lowest BCUT2D eigenvalue weighted by atomic mass is 9.91. The number of benzene rings is 1. The maximum Gasteiger partial charge on any atom is 0.277 e. The molecule has 1 rings (SSSR count). The summed E-state index contributed by atoms with van der Waals surface area (Å²) in [4.78, 5) is 11.7. The van der Waals surface area contributed by atoms with Crippen molar-refractivity contribution in [2.24, 2.45) is 10.5 Å². The number of rotatable bonds is 4. The molecule has 0 aromatic heterocycles. The first kappa shape index (κ1) is 17.5. The van der Waals surface area contributed by atoms with Gasteiger partial charge in [0.25, 0.3) is 5.91 Å². The molecule has 1 aromatic carbocycles. The number of hydrogen-bond donors (Lipinski definition) is 1. The highest BCUT2D eigenvalue weighted by Crippen LogP contribution is 2.25. The molecule has 1 amide bonds. The number of aryl methyl sites for hydroxylation is 2. The van der Waals surface area contributed by atoms with Crippen LogP contribution in [0.4, 0.5) is 0 Å². The van der Waals surface area contributed by atoms with Crippen molar-refractivity contribution in [3.63, 3.8) is 0 Å². The molecule has 5 heteroatoms. The second-order valence-corrected chi connectivity index (χ2v) is 6.52. The Hall–Kier alpha value is -1.55. The fourth-order valence-corrected chi connectivity index (χ4v) is 1.59. The predicted molar refractivity (Wildman–Crippen MR) is 87.1 cm³/mol. The molecule has 0 atom stereocenters. The standard InChI is InChI=1S/C16H23ClN2O2/c1-10-7-13(8-11(2)15(10)17)21-9-14(20)19-18-12(3)16(4,5)6/h7-8H,9H2,1-6H3,(H,19,20)/b18-12+. The van der Waals surface area contributed by atoms with Gasteiger partial charge in [-0.05, 0) is 44.0 Å². The van der Waals surface area contributed by atoms with Gasteiger partial charge in [0.05, 0.1) is 0 Å². The molecule has 0 spiro atoms. The van der Waals surface area contributed by atoms with Gasteiger partial charge < -0.3 is 4.74 Å². The Balaban J connectivity index is 2.58. The van der Waals surface area contributed by atoms with Gasteiger partial charge in [-0.25, -0.2) is 5.43 Å². The minimum absolute atomic E-state index is 0.0709. The summed E-state index contributed by atoms with van der Waals surface area (Å²) >= 11 is 6.09. The zero-order valence-corrected chi connectivity index (χ0v) is 14.3. The van der Waals surface area contributed by atoms with Gasteiger partial charge in [-0.2, -0.15) is 5.10 Å². The van der Waals surface area contributed by atoms with Gasteiger partial charge in [0, 0.05) is 16.1 Å². The first-order valence-corrected chi connectivity index (χ1v) is 7.22. The van der Waals surface area contributed by atoms with E-state index >= 15 is 0 Å². The summed E-state index contributed by atoms with van der Waals surface area (Å²) in [6.45, 7) is 11.7. The molecule has 0 saturated heterocycles. The minimum Gasteiger partial charge on any atom is -0.484 e. The number of halogens is 1. The van der Waals surface area contributed by atoms with E-state index in [0.717, 1.165) is 21.9 Å². The molecule has 1 N–H and O–H groups in total. The van der Waals surface area contributed by atoms with Crippen molar-refractivity contribution in [1.29, 1.82) is 0 Å². The number of nitrogens with one attached hydrogen (secondary N) is 1. The Morgan fingerprint density at radius 3 is 2.29 bits per heavy atom. The molecule has 0 aliphatic heterocycles. The zero-order valence-electron chi connectivity index (χ0n) is 13.5. The van der Waals surface area contributed by atoms with Gasteiger partial charge >= 0.3 is 0 Å². The van der Waals surface area contributed by atoms with Crippen LogP contribution in [0.3, 0.4) is 0 Å². The molecule has 0 heterocycles. The number of nitrogens with zero attached hydrogens (tertiary/aromatic N) is 1. The van der Waals surface area contributed by atoms with Gasteiger partial charge in [-0.1, -0.05) is 32.4 Å². The van der Waals surface area contributed by atoms with Crippen LogP contribution < -0.4 is 10.2 Å². The van der Waals surface area contributed by atoms with Crippen molar-refractivity contribution in [2.45, 2.75) is 41.5 Å². The molecule has 0 radical (unpaired) electrons. The number of hydrogen-bond acceptors (Lipinski definition) is 3. The second kappa shape index (κ2) is 6.94. The maximum absolute atomic E-state index is 11.7. The lowest BCUT2D eigenvalue weighted by Gasteiger charge is -2.17. The molecule has 0 saturated carbocycles. The van der Waals surface area contributed by atoms with Crippen LogP contribution in [0.25, 0.3) is 0 Å². The number of hydrazone groups is 1. The topological polar surface area (TPSA) is 50.7 Å². The third-order valence-electron chi connectivity index (χ3n) is 3.21. The number of carbonyl (C=O) groups is 1. The molecule has 0 aliphatic rings. The molecule has 0 unspecified atom stereocenters. The summed E-state index contributed by atoms with van der Waals surface area (Å²) < 4.78 is 5.46. The van der Waals surface area contributed by atoms with Gasteiger partial charge in [-0.3, -0.25) is 4.79 Å². The van der Waals surface area contributed by atoms with Crippen LogP contribution in [0, 0.1) is 19.3 Å². The fourth-order valence-electron chi connectivity index (χ4n) is 1.48. The van der Waals surface area contributed by atoms with E-state index in [2.05, 4.69) is 10.5 Å². The van der Waals surface area contributed by atoms with Crippen molar-refractivity contribution in [3.05, 3.63) is 28.3 Å². The normalized spacial score (nSPS) is 12.2. The number of amides is 1. The largest absolute Gasteiger partial charge is 0.484 e. The van der Waals surface area contributed by atoms with Crippen LogP contribution in [0.2, 0.25) is 5.02 Å². The van der Waals surface area contributed by atoms with Crippen LogP contribution in [0.15, 0.2) is 17.2 Å². The van der Waals surface area contributed by atoms with Crippen LogP contribution in [0.5, 0.6) is 5.75 Å². The van der Waals surface area contributed by atoms with Gasteiger partial charge in [0.1, 0.15) is 5.75 Å². The minimum atomic E-state index is -0.288. The zero-order chi connectivity index (χ0) is 16.2. The molecule has 0 fully saturated rings. The van der Waals surface area contributed by atoms with E-state index in [1.54, 1.807) is 0 Å². The van der Waals surface area contributed by atoms with Gasteiger partial charge in [-0.15, -0.1) is 0 Å². The third kappa shape index (κ3) is 5.38. The SMILES string of the molecule is C/C(=N\NC(=O)COc1cc(C)c(Cl)c(C)c1)C(C)(C)C. The van der Waals surface area contributed by atoms with E-state index in [0.29, 0.717) is 5.75 Å². The Labute approximate surface area is 131 Å². The number of carbonyl (C=O) groups excluding carboxylic acids is 1. The van der Waals surface area contributed by atoms with E-state index in [1.807, 2.05) is 53.7 Å². The van der Waals surface area contributed by atoms with Crippen LogP contribution in [-0.4, -0.2) is 18.2 Å². The van der Waals surface area contributed by atoms with E-state index in [-0.39, 0.29) is 17.9 Å². The van der Waals surface area contributed by atoms with Crippen molar-refractivity contribution >= 4 is 23.2 Å². The maximum atomic E-state index is 11.7. The smallest absolute Gasteiger partial charge is 0.277 e. The summed E-state index contributed by atoms with van der Waals surface area (Å²) in [6, 6.07) is 3.62. The fraction of sp³-hybridized carbons (Fsp3) is 0.500. The van der Waals surface area contributed by atoms with Crippen molar-refractivity contribution in [3.8, 4) is 5.75 Å². The van der Waals surface area contributed by atoms with E-state index in [1.165, 1.54) is 0 Å². The van der Waals surface area contributed by atoms with E-state index < -0.39 is 0 Å². The number of ether oxygens (including phenoxy) is 1. The summed E-state index contributed by atoms with van der Waals surface area (Å²) in [5.74, 6) is 0.338. The lowest BCUT2D eigenvalue weighted by Crippen LogP contribution is -2.28. The monoisotopic (exact) mass is 310 g/mol. The van der Waals surface area contributed by atoms with E-state index in [4.69, 9.17) is 16.3 Å². The average molecular weight is 311 g/mol. The van der Waals surface area contributed by atoms with Crippen molar-refractivity contribution < 1.29 is 9.53 Å². The molecule has 0 aliphatic carbocycles. The Morgan fingerprint density at radius 2 is 1.81 bits per heavy atom. The van der Waals surface area contributed by atoms with Crippen LogP contribution >= 0.6 is 11.6 Å². The molecule has 0 bridgehead atoms. The Kier molecular flexibility index (Phi) is 5.78. The highest BCUT2D eigenvalue weighted by Gasteiger charge is 2.14. The second-order valence-electron chi connectivity index (χ2n) is 6.14. The van der Waals surface area contributed by atoms with Crippen LogP contribution in [0.1, 0.15) is 38.8 Å². The quantitative estimate of drug-likeness (QED) is 0.678. The van der Waals surface area contributed by atoms with Crippen molar-refractivity contribution in [1.82, 2.24) is 5.43 Å². The Bertz CT molecular complexity index is 537. The molecule has 21 heavy (non-hydrogen) atoms. The van der Waals surface area contributed by atoms with Gasteiger partial charge in [0.15, 0.2) is 6.61 Å². The molecule has 1 aromatic rings. The lowest BCUT2D eigenvalue weighted by molar-refractivity contribution is -0.123. The molecule has 116 valence electrons. The third-order valence-corrected chi connectivity index (χ3v) is 3.81. The first-order chi connectivity index (χ1) is 9.61. The average Bonchev–Trinajstić information content (AvgIpc) is 2.38. The van der Waals surface area contributed by atoms with E-state index in [9.17, 15) is 4.79 Å². The van der Waals surface area contributed by atoms with Crippen molar-refractivity contribution in [2.75, 3.05) is 6.61 Å². The molecular weight excluding hydrogens is 288 g/mol. The van der Waals surface area contributed by atoms with Gasteiger partial charge in [0.2, 0.25) is 0 Å². The summed E-state index contributed by atoms with van der Waals surface area (Å²) in [5.41, 5.74) is 5.13. The molecular formula is C16H23ClN2O2. The van der Waals surface area contributed by atoms with Crippen LogP contribution in [-0.2, 0) is 4.79 Å².